The van der Waals surface area contributed by atoms with Crippen LogP contribution in [-0.2, 0) is 4.74 Å². The van der Waals surface area contributed by atoms with E-state index in [0.29, 0.717) is 0 Å². The number of hydrogen-bond donors (Lipinski definition) is 1. The van der Waals surface area contributed by atoms with Gasteiger partial charge in [-0.1, -0.05) is 6.07 Å². The third-order valence-electron chi connectivity index (χ3n) is 2.05. The van der Waals surface area contributed by atoms with Crippen molar-refractivity contribution in [3.05, 3.63) is 27.6 Å². The highest BCUT2D eigenvalue weighted by Gasteiger charge is 2.15. The largest absolute Gasteiger partial charge is 0.371 e. The summed E-state index contributed by atoms with van der Waals surface area (Å²) < 4.78 is 6.62. The third kappa shape index (κ3) is 2.38. The molecule has 2 heterocycles. The molecule has 0 amide bonds. The first-order chi connectivity index (χ1) is 6.36. The molecule has 0 aromatic carbocycles. The van der Waals surface area contributed by atoms with Crippen LogP contribution in [-0.4, -0.2) is 24.7 Å². The molecule has 1 fully saturated rings. The van der Waals surface area contributed by atoms with Gasteiger partial charge in [-0.2, -0.15) is 0 Å². The molecule has 0 saturated carbocycles. The van der Waals surface area contributed by atoms with E-state index in [1.54, 1.807) is 0 Å². The zero-order chi connectivity index (χ0) is 9.10. The monoisotopic (exact) mass is 290 g/mol. The van der Waals surface area contributed by atoms with Crippen LogP contribution in [0.15, 0.2) is 18.3 Å². The van der Waals surface area contributed by atoms with Crippen molar-refractivity contribution in [1.82, 2.24) is 10.3 Å². The van der Waals surface area contributed by atoms with Gasteiger partial charge >= 0.3 is 0 Å². The van der Waals surface area contributed by atoms with Gasteiger partial charge in [0.2, 0.25) is 0 Å². The number of hydrogen-bond acceptors (Lipinski definition) is 3. The average molecular weight is 290 g/mol. The van der Waals surface area contributed by atoms with E-state index in [0.717, 1.165) is 29.0 Å². The van der Waals surface area contributed by atoms with Gasteiger partial charge in [-0.3, -0.25) is 0 Å². The molecule has 1 atom stereocenters. The summed E-state index contributed by atoms with van der Waals surface area (Å²) in [6.45, 7) is 2.63. The third-order valence-corrected chi connectivity index (χ3v) is 2.69. The summed E-state index contributed by atoms with van der Waals surface area (Å²) in [5.74, 6) is 0. The second-order valence-electron chi connectivity index (χ2n) is 2.98. The molecule has 0 unspecified atom stereocenters. The van der Waals surface area contributed by atoms with Crippen molar-refractivity contribution in [2.75, 3.05) is 19.7 Å². The smallest absolute Gasteiger partial charge is 0.101 e. The minimum absolute atomic E-state index is 0.179. The van der Waals surface area contributed by atoms with Crippen LogP contribution >= 0.6 is 22.6 Å². The Bertz CT molecular complexity index is 269. The second kappa shape index (κ2) is 4.34. The van der Waals surface area contributed by atoms with Gasteiger partial charge in [0.05, 0.1) is 12.7 Å². The maximum absolute atomic E-state index is 5.60. The quantitative estimate of drug-likeness (QED) is 0.626. The molecule has 0 spiro atoms. The van der Waals surface area contributed by atoms with E-state index < -0.39 is 0 Å². The Morgan fingerprint density at radius 3 is 3.08 bits per heavy atom. The number of pyridine rings is 1. The van der Waals surface area contributed by atoms with E-state index in [1.165, 1.54) is 0 Å². The minimum Gasteiger partial charge on any atom is -0.371 e. The predicted molar refractivity (Wildman–Crippen MR) is 58.5 cm³/mol. The summed E-state index contributed by atoms with van der Waals surface area (Å²) in [4.78, 5) is 4.23. The Kier molecular flexibility index (Phi) is 3.13. The summed E-state index contributed by atoms with van der Waals surface area (Å²) in [5, 5.41) is 3.29. The Hall–Kier alpha value is -0.200. The number of ether oxygens (including phenoxy) is 1. The van der Waals surface area contributed by atoms with Gasteiger partial charge in [0, 0.05) is 24.8 Å². The van der Waals surface area contributed by atoms with Crippen LogP contribution in [0, 0.1) is 3.70 Å². The number of halogens is 1. The molecule has 0 radical (unpaired) electrons. The van der Waals surface area contributed by atoms with Crippen molar-refractivity contribution in [3.63, 3.8) is 0 Å². The Morgan fingerprint density at radius 1 is 1.54 bits per heavy atom. The summed E-state index contributed by atoms with van der Waals surface area (Å²) in [6, 6.07) is 4.08. The number of rotatable bonds is 1. The van der Waals surface area contributed by atoms with Gasteiger partial charge in [-0.25, -0.2) is 4.98 Å². The van der Waals surface area contributed by atoms with Crippen LogP contribution in [0.1, 0.15) is 11.7 Å². The van der Waals surface area contributed by atoms with E-state index in [4.69, 9.17) is 4.74 Å². The molecule has 1 aliphatic rings. The van der Waals surface area contributed by atoms with Gasteiger partial charge in [0.25, 0.3) is 0 Å². The molecule has 4 heteroatoms. The van der Waals surface area contributed by atoms with Crippen LogP contribution in [0.4, 0.5) is 0 Å². The molecule has 3 nitrogen and oxygen atoms in total. The molecule has 1 saturated heterocycles. The normalized spacial score (nSPS) is 23.0. The van der Waals surface area contributed by atoms with E-state index in [2.05, 4.69) is 39.0 Å². The van der Waals surface area contributed by atoms with Crippen molar-refractivity contribution < 1.29 is 4.74 Å². The summed E-state index contributed by atoms with van der Waals surface area (Å²) in [7, 11) is 0. The van der Waals surface area contributed by atoms with E-state index in [1.807, 2.05) is 12.3 Å². The lowest BCUT2D eigenvalue weighted by atomic mass is 10.1. The van der Waals surface area contributed by atoms with Gasteiger partial charge in [0.15, 0.2) is 0 Å². The Balaban J connectivity index is 2.10. The van der Waals surface area contributed by atoms with Crippen LogP contribution in [0.5, 0.6) is 0 Å². The summed E-state index contributed by atoms with van der Waals surface area (Å²) in [5.41, 5.74) is 1.16. The van der Waals surface area contributed by atoms with Crippen LogP contribution in [0.3, 0.4) is 0 Å². The van der Waals surface area contributed by atoms with Crippen LogP contribution in [0.2, 0.25) is 0 Å². The first-order valence-electron chi connectivity index (χ1n) is 4.30. The zero-order valence-electron chi connectivity index (χ0n) is 7.16. The molecular weight excluding hydrogens is 279 g/mol. The minimum atomic E-state index is 0.179. The predicted octanol–water partition coefficient (Wildman–Crippen LogP) is 1.35. The fourth-order valence-electron chi connectivity index (χ4n) is 1.36. The number of morpholine rings is 1. The van der Waals surface area contributed by atoms with Gasteiger partial charge in [-0.05, 0) is 28.7 Å². The number of aromatic nitrogens is 1. The molecule has 1 aromatic heterocycles. The highest BCUT2D eigenvalue weighted by molar-refractivity contribution is 14.1. The fraction of sp³-hybridized carbons (Fsp3) is 0.444. The second-order valence-corrected chi connectivity index (χ2v) is 4.08. The van der Waals surface area contributed by atoms with Crippen LogP contribution < -0.4 is 5.32 Å². The van der Waals surface area contributed by atoms with Crippen molar-refractivity contribution in [1.29, 1.82) is 0 Å². The van der Waals surface area contributed by atoms with E-state index >= 15 is 0 Å². The molecule has 13 heavy (non-hydrogen) atoms. The molecule has 2 rings (SSSR count). The lowest BCUT2D eigenvalue weighted by molar-refractivity contribution is 0.0275. The summed E-state index contributed by atoms with van der Waals surface area (Å²) >= 11 is 2.20. The first-order valence-corrected chi connectivity index (χ1v) is 5.38. The highest BCUT2D eigenvalue weighted by Crippen LogP contribution is 2.17. The van der Waals surface area contributed by atoms with Crippen molar-refractivity contribution in [2.24, 2.45) is 0 Å². The van der Waals surface area contributed by atoms with Crippen molar-refractivity contribution >= 4 is 22.6 Å². The topological polar surface area (TPSA) is 34.1 Å². The van der Waals surface area contributed by atoms with Crippen molar-refractivity contribution in [2.45, 2.75) is 6.10 Å². The SMILES string of the molecule is Ic1ccc([C@@H]2CNCCO2)cn1. The highest BCUT2D eigenvalue weighted by atomic mass is 127. The standard InChI is InChI=1S/C9H11IN2O/c10-9-2-1-7(5-12-9)8-6-11-3-4-13-8/h1-2,5,8,11H,3-4,6H2/t8-/m0/s1. The Morgan fingerprint density at radius 2 is 2.46 bits per heavy atom. The zero-order valence-corrected chi connectivity index (χ0v) is 9.32. The Labute approximate surface area is 91.0 Å². The molecule has 1 aliphatic heterocycles. The molecule has 1 aromatic rings. The molecule has 0 aliphatic carbocycles. The number of nitrogens with zero attached hydrogens (tertiary/aromatic N) is 1. The van der Waals surface area contributed by atoms with Gasteiger partial charge in [-0.15, -0.1) is 0 Å². The molecule has 0 bridgehead atoms. The lowest BCUT2D eigenvalue weighted by Crippen LogP contribution is -2.33. The van der Waals surface area contributed by atoms with Crippen molar-refractivity contribution in [3.8, 4) is 0 Å². The maximum atomic E-state index is 5.60. The number of nitrogens with one attached hydrogen (secondary N) is 1. The fourth-order valence-corrected chi connectivity index (χ4v) is 1.68. The maximum Gasteiger partial charge on any atom is 0.101 e. The average Bonchev–Trinajstić information content (AvgIpc) is 2.20. The van der Waals surface area contributed by atoms with Gasteiger partial charge in [0.1, 0.15) is 3.70 Å². The lowest BCUT2D eigenvalue weighted by Gasteiger charge is -2.23. The van der Waals surface area contributed by atoms with Crippen LogP contribution in [0.25, 0.3) is 0 Å². The van der Waals surface area contributed by atoms with E-state index in [-0.39, 0.29) is 6.10 Å². The van der Waals surface area contributed by atoms with E-state index in [9.17, 15) is 0 Å². The van der Waals surface area contributed by atoms with Gasteiger partial charge < -0.3 is 10.1 Å². The molecule has 70 valence electrons. The first kappa shape index (κ1) is 9.36. The molecular formula is C9H11IN2O. The summed E-state index contributed by atoms with van der Waals surface area (Å²) in [6.07, 6.45) is 2.07. The molecule has 1 N–H and O–H groups in total.